The molecule has 0 aromatic heterocycles. The van der Waals surface area contributed by atoms with E-state index >= 15 is 0 Å². The van der Waals surface area contributed by atoms with E-state index in [9.17, 15) is 8.42 Å². The lowest BCUT2D eigenvalue weighted by atomic mass is 10.2. The molecule has 0 spiro atoms. The molecule has 0 atom stereocenters. The highest BCUT2D eigenvalue weighted by Crippen LogP contribution is 2.16. The molecule has 0 saturated carbocycles. The third kappa shape index (κ3) is 5.32. The minimum absolute atomic E-state index is 0.00960. The SMILES string of the molecule is O=S(=O)(CCc1ccccc1Cl)NCc1[c]cc(Cl)cc1. The van der Waals surface area contributed by atoms with E-state index in [1.54, 1.807) is 24.3 Å². The Kier molecular flexibility index (Phi) is 5.65. The van der Waals surface area contributed by atoms with E-state index in [4.69, 9.17) is 23.2 Å². The number of rotatable bonds is 6. The molecule has 0 saturated heterocycles. The molecule has 2 aromatic rings. The monoisotopic (exact) mass is 342 g/mol. The first-order valence-corrected chi connectivity index (χ1v) is 8.74. The van der Waals surface area contributed by atoms with Crippen LogP contribution in [-0.4, -0.2) is 14.2 Å². The number of benzene rings is 2. The first-order chi connectivity index (χ1) is 9.96. The molecule has 2 rings (SSSR count). The highest BCUT2D eigenvalue weighted by molar-refractivity contribution is 7.89. The first-order valence-electron chi connectivity index (χ1n) is 6.33. The van der Waals surface area contributed by atoms with E-state index in [2.05, 4.69) is 10.8 Å². The Balaban J connectivity index is 1.90. The summed E-state index contributed by atoms with van der Waals surface area (Å²) in [5, 5.41) is 1.15. The van der Waals surface area contributed by atoms with Crippen LogP contribution in [-0.2, 0) is 23.0 Å². The maximum absolute atomic E-state index is 12.0. The van der Waals surface area contributed by atoms with E-state index in [-0.39, 0.29) is 12.3 Å². The van der Waals surface area contributed by atoms with E-state index < -0.39 is 10.0 Å². The van der Waals surface area contributed by atoms with Crippen LogP contribution in [0.2, 0.25) is 10.0 Å². The van der Waals surface area contributed by atoms with Crippen molar-refractivity contribution in [3.8, 4) is 0 Å². The van der Waals surface area contributed by atoms with Gasteiger partial charge in [0, 0.05) is 16.6 Å². The number of halogens is 2. The lowest BCUT2D eigenvalue weighted by Crippen LogP contribution is -2.26. The number of sulfonamides is 1. The molecule has 0 aliphatic carbocycles. The molecule has 111 valence electrons. The van der Waals surface area contributed by atoms with E-state index in [1.807, 2.05) is 18.2 Å². The van der Waals surface area contributed by atoms with Crippen LogP contribution in [0.4, 0.5) is 0 Å². The summed E-state index contributed by atoms with van der Waals surface area (Å²) >= 11 is 11.8. The summed E-state index contributed by atoms with van der Waals surface area (Å²) in [6, 6.07) is 15.2. The van der Waals surface area contributed by atoms with Gasteiger partial charge < -0.3 is 0 Å². The Morgan fingerprint density at radius 3 is 2.52 bits per heavy atom. The van der Waals surface area contributed by atoms with Crippen LogP contribution in [0.5, 0.6) is 0 Å². The van der Waals surface area contributed by atoms with Gasteiger partial charge in [-0.15, -0.1) is 0 Å². The van der Waals surface area contributed by atoms with Crippen LogP contribution < -0.4 is 4.72 Å². The van der Waals surface area contributed by atoms with Gasteiger partial charge in [-0.3, -0.25) is 0 Å². The molecule has 3 nitrogen and oxygen atoms in total. The average molecular weight is 343 g/mol. The molecule has 1 radical (unpaired) electrons. The van der Waals surface area contributed by atoms with Gasteiger partial charge in [-0.05, 0) is 41.8 Å². The Hall–Kier alpha value is -1.07. The van der Waals surface area contributed by atoms with Crippen molar-refractivity contribution in [1.29, 1.82) is 0 Å². The zero-order valence-corrected chi connectivity index (χ0v) is 13.5. The highest BCUT2D eigenvalue weighted by atomic mass is 35.5. The zero-order chi connectivity index (χ0) is 15.3. The Morgan fingerprint density at radius 2 is 1.86 bits per heavy atom. The van der Waals surface area contributed by atoms with Crippen molar-refractivity contribution in [3.63, 3.8) is 0 Å². The van der Waals surface area contributed by atoms with Gasteiger partial charge in [0.2, 0.25) is 10.0 Å². The Morgan fingerprint density at radius 1 is 1.10 bits per heavy atom. The molecular weight excluding hydrogens is 329 g/mol. The van der Waals surface area contributed by atoms with Gasteiger partial charge in [-0.25, -0.2) is 13.1 Å². The van der Waals surface area contributed by atoms with E-state index in [1.165, 1.54) is 0 Å². The van der Waals surface area contributed by atoms with Gasteiger partial charge in [-0.1, -0.05) is 47.5 Å². The average Bonchev–Trinajstić information content (AvgIpc) is 2.46. The molecule has 0 fully saturated rings. The molecule has 6 heteroatoms. The second-order valence-corrected chi connectivity index (χ2v) is 7.28. The zero-order valence-electron chi connectivity index (χ0n) is 11.1. The Bertz CT molecular complexity index is 700. The fraction of sp³-hybridized carbons (Fsp3) is 0.200. The van der Waals surface area contributed by atoms with Gasteiger partial charge >= 0.3 is 0 Å². The predicted molar refractivity (Wildman–Crippen MR) is 86.1 cm³/mol. The summed E-state index contributed by atoms with van der Waals surface area (Å²) in [7, 11) is -3.37. The number of hydrogen-bond donors (Lipinski definition) is 1. The fourth-order valence-electron chi connectivity index (χ4n) is 1.75. The summed E-state index contributed by atoms with van der Waals surface area (Å²) in [4.78, 5) is 0. The van der Waals surface area contributed by atoms with E-state index in [0.717, 1.165) is 11.1 Å². The minimum atomic E-state index is -3.37. The summed E-state index contributed by atoms with van der Waals surface area (Å²) in [6.07, 6.45) is 0.374. The summed E-state index contributed by atoms with van der Waals surface area (Å²) in [5.41, 5.74) is 1.56. The van der Waals surface area contributed by atoms with Crippen molar-refractivity contribution in [2.45, 2.75) is 13.0 Å². The number of nitrogens with one attached hydrogen (secondary N) is 1. The second-order valence-electron chi connectivity index (χ2n) is 4.51. The van der Waals surface area contributed by atoms with Crippen LogP contribution in [0.25, 0.3) is 0 Å². The first kappa shape index (κ1) is 16.3. The molecule has 21 heavy (non-hydrogen) atoms. The molecule has 0 bridgehead atoms. The summed E-state index contributed by atoms with van der Waals surface area (Å²) in [5.74, 6) is -0.00960. The quantitative estimate of drug-likeness (QED) is 0.873. The van der Waals surface area contributed by atoms with Gasteiger partial charge in [0.05, 0.1) is 5.75 Å². The Labute approximate surface area is 135 Å². The largest absolute Gasteiger partial charge is 0.212 e. The van der Waals surface area contributed by atoms with Crippen molar-refractivity contribution in [3.05, 3.63) is 69.7 Å². The van der Waals surface area contributed by atoms with E-state index in [0.29, 0.717) is 16.5 Å². The lowest BCUT2D eigenvalue weighted by molar-refractivity contribution is 0.580. The maximum Gasteiger partial charge on any atom is 0.212 e. The van der Waals surface area contributed by atoms with Crippen molar-refractivity contribution in [2.24, 2.45) is 0 Å². The van der Waals surface area contributed by atoms with Crippen LogP contribution >= 0.6 is 23.2 Å². The third-order valence-corrected chi connectivity index (χ3v) is 4.85. The fourth-order valence-corrected chi connectivity index (χ4v) is 3.11. The molecule has 0 unspecified atom stereocenters. The topological polar surface area (TPSA) is 46.2 Å². The summed E-state index contributed by atoms with van der Waals surface area (Å²) in [6.45, 7) is 0.196. The van der Waals surface area contributed by atoms with Crippen molar-refractivity contribution in [2.75, 3.05) is 5.75 Å². The number of hydrogen-bond acceptors (Lipinski definition) is 2. The van der Waals surface area contributed by atoms with Gasteiger partial charge in [0.1, 0.15) is 0 Å². The molecule has 0 amide bonds. The van der Waals surface area contributed by atoms with Crippen molar-refractivity contribution in [1.82, 2.24) is 4.72 Å². The molecule has 0 aliphatic rings. The standard InChI is InChI=1S/C15H14Cl2NO2S/c16-14-7-5-12(6-8-14)11-18-21(19,20)10-9-13-3-1-2-4-15(13)17/h1-5,7-8,18H,9-11H2. The molecule has 2 aromatic carbocycles. The van der Waals surface area contributed by atoms with Gasteiger partial charge in [-0.2, -0.15) is 0 Å². The molecule has 0 heterocycles. The van der Waals surface area contributed by atoms with Crippen LogP contribution in [0.1, 0.15) is 11.1 Å². The van der Waals surface area contributed by atoms with Crippen LogP contribution in [0.15, 0.2) is 42.5 Å². The number of aryl methyl sites for hydroxylation is 1. The highest BCUT2D eigenvalue weighted by Gasteiger charge is 2.11. The van der Waals surface area contributed by atoms with Crippen LogP contribution in [0, 0.1) is 6.07 Å². The summed E-state index contributed by atoms with van der Waals surface area (Å²) < 4.78 is 26.5. The van der Waals surface area contributed by atoms with Gasteiger partial charge in [0.15, 0.2) is 0 Å². The molecule has 1 N–H and O–H groups in total. The van der Waals surface area contributed by atoms with Crippen molar-refractivity contribution >= 4 is 33.2 Å². The van der Waals surface area contributed by atoms with Crippen LogP contribution in [0.3, 0.4) is 0 Å². The molecule has 0 aliphatic heterocycles. The smallest absolute Gasteiger partial charge is 0.212 e. The normalized spacial score (nSPS) is 11.5. The maximum atomic E-state index is 12.0. The predicted octanol–water partition coefficient (Wildman–Crippen LogP) is 3.46. The van der Waals surface area contributed by atoms with Gasteiger partial charge in [0.25, 0.3) is 0 Å². The molecular formula is C15H14Cl2NO2S. The van der Waals surface area contributed by atoms with Crippen molar-refractivity contribution < 1.29 is 8.42 Å². The third-order valence-electron chi connectivity index (χ3n) is 2.92. The second kappa shape index (κ2) is 7.27. The minimum Gasteiger partial charge on any atom is -0.212 e. The lowest BCUT2D eigenvalue weighted by Gasteiger charge is -2.08.